The maximum absolute atomic E-state index is 11.5. The number of ether oxygens (including phenoxy) is 1. The molecule has 1 aliphatic rings. The summed E-state index contributed by atoms with van der Waals surface area (Å²) in [6, 6.07) is 4.93. The minimum atomic E-state index is -3.20. The predicted octanol–water partition coefficient (Wildman–Crippen LogP) is 1.99. The molecule has 1 unspecified atom stereocenters. The van der Waals surface area contributed by atoms with Crippen molar-refractivity contribution in [2.24, 2.45) is 0 Å². The van der Waals surface area contributed by atoms with Crippen LogP contribution in [0.25, 0.3) is 11.0 Å². The van der Waals surface area contributed by atoms with Gasteiger partial charge in [0.05, 0.1) is 15.9 Å². The van der Waals surface area contributed by atoms with Gasteiger partial charge in [-0.2, -0.15) is 0 Å². The van der Waals surface area contributed by atoms with Gasteiger partial charge in [0.1, 0.15) is 11.4 Å². The summed E-state index contributed by atoms with van der Waals surface area (Å²) >= 11 is 0. The highest BCUT2D eigenvalue weighted by molar-refractivity contribution is 7.90. The average Bonchev–Trinajstić information content (AvgIpc) is 2.93. The van der Waals surface area contributed by atoms with Crippen molar-refractivity contribution in [1.29, 1.82) is 0 Å². The fourth-order valence-corrected chi connectivity index (χ4v) is 3.08. The summed E-state index contributed by atoms with van der Waals surface area (Å²) in [6.45, 7) is 2.75. The number of H-pyrrole nitrogens is 1. The summed E-state index contributed by atoms with van der Waals surface area (Å²) in [4.78, 5) is 8.00. The SMILES string of the molecule is CC1(c2nc3ccc(S(C)(=O)=O)cc3[nH]2)CCCO1. The summed E-state index contributed by atoms with van der Waals surface area (Å²) in [6.07, 6.45) is 3.14. The lowest BCUT2D eigenvalue weighted by molar-refractivity contribution is 0.0103. The van der Waals surface area contributed by atoms with Crippen LogP contribution in [0.4, 0.5) is 0 Å². The van der Waals surface area contributed by atoms with Crippen LogP contribution in [0.5, 0.6) is 0 Å². The van der Waals surface area contributed by atoms with E-state index in [1.54, 1.807) is 18.2 Å². The molecule has 1 atom stereocenters. The third-order valence-corrected chi connectivity index (χ3v) is 4.71. The first-order chi connectivity index (χ1) is 8.88. The Kier molecular flexibility index (Phi) is 2.69. The van der Waals surface area contributed by atoms with Gasteiger partial charge >= 0.3 is 0 Å². The van der Waals surface area contributed by atoms with E-state index in [0.717, 1.165) is 36.3 Å². The average molecular weight is 280 g/mol. The first-order valence-corrected chi connectivity index (χ1v) is 8.12. The molecule has 0 spiro atoms. The van der Waals surface area contributed by atoms with Gasteiger partial charge in [0.25, 0.3) is 0 Å². The number of hydrogen-bond donors (Lipinski definition) is 1. The normalized spacial score (nSPS) is 24.1. The second-order valence-corrected chi connectivity index (χ2v) is 7.24. The van der Waals surface area contributed by atoms with Crippen LogP contribution in [-0.2, 0) is 20.2 Å². The zero-order chi connectivity index (χ0) is 13.7. The van der Waals surface area contributed by atoms with Crippen molar-refractivity contribution < 1.29 is 13.2 Å². The monoisotopic (exact) mass is 280 g/mol. The highest BCUT2D eigenvalue weighted by Gasteiger charge is 2.34. The van der Waals surface area contributed by atoms with Crippen LogP contribution in [0, 0.1) is 0 Å². The van der Waals surface area contributed by atoms with Crippen molar-refractivity contribution in [2.75, 3.05) is 12.9 Å². The van der Waals surface area contributed by atoms with Gasteiger partial charge in [-0.25, -0.2) is 13.4 Å². The molecule has 2 heterocycles. The van der Waals surface area contributed by atoms with Gasteiger partial charge in [0, 0.05) is 12.9 Å². The number of sulfone groups is 1. The molecule has 102 valence electrons. The van der Waals surface area contributed by atoms with E-state index in [9.17, 15) is 8.42 Å². The molecule has 1 saturated heterocycles. The molecule has 3 rings (SSSR count). The minimum Gasteiger partial charge on any atom is -0.367 e. The van der Waals surface area contributed by atoms with Crippen molar-refractivity contribution in [3.63, 3.8) is 0 Å². The first-order valence-electron chi connectivity index (χ1n) is 6.23. The van der Waals surface area contributed by atoms with E-state index in [2.05, 4.69) is 9.97 Å². The highest BCUT2D eigenvalue weighted by Crippen LogP contribution is 2.34. The fourth-order valence-electron chi connectivity index (χ4n) is 2.44. The number of rotatable bonds is 2. The Bertz CT molecular complexity index is 727. The van der Waals surface area contributed by atoms with E-state index in [0.29, 0.717) is 4.90 Å². The molecule has 0 aliphatic carbocycles. The van der Waals surface area contributed by atoms with E-state index in [1.807, 2.05) is 6.92 Å². The van der Waals surface area contributed by atoms with Gasteiger partial charge in [0.15, 0.2) is 9.84 Å². The van der Waals surface area contributed by atoms with Crippen molar-refractivity contribution >= 4 is 20.9 Å². The Morgan fingerprint density at radius 1 is 1.42 bits per heavy atom. The summed E-state index contributed by atoms with van der Waals surface area (Å²) in [5, 5.41) is 0. The minimum absolute atomic E-state index is 0.299. The van der Waals surface area contributed by atoms with Gasteiger partial charge in [-0.3, -0.25) is 0 Å². The summed E-state index contributed by atoms with van der Waals surface area (Å²) in [5.41, 5.74) is 1.11. The first kappa shape index (κ1) is 12.6. The molecule has 0 bridgehead atoms. The number of fused-ring (bicyclic) bond motifs is 1. The van der Waals surface area contributed by atoms with Crippen molar-refractivity contribution in [3.05, 3.63) is 24.0 Å². The molecule has 1 aromatic carbocycles. The van der Waals surface area contributed by atoms with Gasteiger partial charge in [-0.05, 0) is 38.0 Å². The lowest BCUT2D eigenvalue weighted by Crippen LogP contribution is -2.21. The van der Waals surface area contributed by atoms with Gasteiger partial charge in [-0.1, -0.05) is 0 Å². The van der Waals surface area contributed by atoms with E-state index in [4.69, 9.17) is 4.74 Å². The van der Waals surface area contributed by atoms with Gasteiger partial charge in [0.2, 0.25) is 0 Å². The number of hydrogen-bond acceptors (Lipinski definition) is 4. The molecule has 6 heteroatoms. The number of benzene rings is 1. The van der Waals surface area contributed by atoms with Crippen LogP contribution in [0.3, 0.4) is 0 Å². The number of nitrogens with zero attached hydrogens (tertiary/aromatic N) is 1. The van der Waals surface area contributed by atoms with E-state index in [-0.39, 0.29) is 5.60 Å². The number of aromatic nitrogens is 2. The van der Waals surface area contributed by atoms with Crippen molar-refractivity contribution in [2.45, 2.75) is 30.3 Å². The largest absolute Gasteiger partial charge is 0.367 e. The highest BCUT2D eigenvalue weighted by atomic mass is 32.2. The quantitative estimate of drug-likeness (QED) is 0.913. The summed E-state index contributed by atoms with van der Waals surface area (Å²) in [5.74, 6) is 0.769. The summed E-state index contributed by atoms with van der Waals surface area (Å²) < 4.78 is 28.8. The third kappa shape index (κ3) is 2.15. The zero-order valence-electron chi connectivity index (χ0n) is 10.9. The molecular formula is C13H16N2O3S. The number of imidazole rings is 1. The number of nitrogens with one attached hydrogen (secondary N) is 1. The third-order valence-electron chi connectivity index (χ3n) is 3.60. The second-order valence-electron chi connectivity index (χ2n) is 5.22. The molecule has 1 N–H and O–H groups in total. The molecule has 2 aromatic rings. The maximum Gasteiger partial charge on any atom is 0.175 e. The molecule has 1 fully saturated rings. The molecule has 0 saturated carbocycles. The molecule has 0 radical (unpaired) electrons. The topological polar surface area (TPSA) is 72.0 Å². The van der Waals surface area contributed by atoms with Crippen LogP contribution in [-0.4, -0.2) is 31.2 Å². The maximum atomic E-state index is 11.5. The van der Waals surface area contributed by atoms with Crippen LogP contribution >= 0.6 is 0 Å². The number of aromatic amines is 1. The fraction of sp³-hybridized carbons (Fsp3) is 0.462. The van der Waals surface area contributed by atoms with Gasteiger partial charge < -0.3 is 9.72 Å². The van der Waals surface area contributed by atoms with E-state index >= 15 is 0 Å². The lowest BCUT2D eigenvalue weighted by atomic mass is 10.0. The lowest BCUT2D eigenvalue weighted by Gasteiger charge is -2.19. The van der Waals surface area contributed by atoms with Crippen LogP contribution < -0.4 is 0 Å². The Hall–Kier alpha value is -1.40. The van der Waals surface area contributed by atoms with Crippen molar-refractivity contribution in [1.82, 2.24) is 9.97 Å². The van der Waals surface area contributed by atoms with Crippen LogP contribution in [0.2, 0.25) is 0 Å². The standard InChI is InChI=1S/C13H16N2O3S/c1-13(6-3-7-18-13)12-14-10-5-4-9(19(2,16)17)8-11(10)15-12/h4-5,8H,3,6-7H2,1-2H3,(H,14,15). The Morgan fingerprint density at radius 3 is 2.84 bits per heavy atom. The molecule has 0 amide bonds. The Labute approximate surface area is 111 Å². The van der Waals surface area contributed by atoms with E-state index in [1.165, 1.54) is 6.26 Å². The van der Waals surface area contributed by atoms with Crippen molar-refractivity contribution in [3.8, 4) is 0 Å². The zero-order valence-corrected chi connectivity index (χ0v) is 11.8. The Morgan fingerprint density at radius 2 is 2.21 bits per heavy atom. The van der Waals surface area contributed by atoms with Crippen LogP contribution in [0.15, 0.2) is 23.1 Å². The summed E-state index contributed by atoms with van der Waals surface area (Å²) in [7, 11) is -3.20. The molecule has 1 aliphatic heterocycles. The predicted molar refractivity (Wildman–Crippen MR) is 71.7 cm³/mol. The van der Waals surface area contributed by atoms with Crippen LogP contribution in [0.1, 0.15) is 25.6 Å². The Balaban J connectivity index is 2.11. The molecule has 5 nitrogen and oxygen atoms in total. The molecular weight excluding hydrogens is 264 g/mol. The molecule has 1 aromatic heterocycles. The smallest absolute Gasteiger partial charge is 0.175 e. The van der Waals surface area contributed by atoms with E-state index < -0.39 is 9.84 Å². The molecule has 19 heavy (non-hydrogen) atoms. The second kappa shape index (κ2) is 4.05. The van der Waals surface area contributed by atoms with Gasteiger partial charge in [-0.15, -0.1) is 0 Å².